The molecule has 0 atom stereocenters. The van der Waals surface area contributed by atoms with Gasteiger partial charge in [-0.1, -0.05) is 6.07 Å². The molecule has 7 heteroatoms. The SMILES string of the molecule is CCN(CC)c1ccc(CNC(=O)N2CCC(N(C)CCCO)CC2)cn1. The highest BCUT2D eigenvalue weighted by Gasteiger charge is 2.24. The third-order valence-corrected chi connectivity index (χ3v) is 5.38. The Morgan fingerprint density at radius 1 is 1.30 bits per heavy atom. The highest BCUT2D eigenvalue weighted by atomic mass is 16.3. The maximum Gasteiger partial charge on any atom is 0.317 e. The van der Waals surface area contributed by atoms with Gasteiger partial charge in [-0.2, -0.15) is 0 Å². The van der Waals surface area contributed by atoms with Crippen LogP contribution >= 0.6 is 0 Å². The van der Waals surface area contributed by atoms with E-state index in [1.54, 1.807) is 0 Å². The van der Waals surface area contributed by atoms with Crippen molar-refractivity contribution in [1.29, 1.82) is 0 Å². The number of aliphatic hydroxyl groups is 1. The van der Waals surface area contributed by atoms with Gasteiger partial charge in [0.25, 0.3) is 0 Å². The number of carbonyl (C=O) groups excluding carboxylic acids is 1. The zero-order valence-corrected chi connectivity index (χ0v) is 17.0. The predicted molar refractivity (Wildman–Crippen MR) is 109 cm³/mol. The van der Waals surface area contributed by atoms with Gasteiger partial charge in [0, 0.05) is 58.1 Å². The zero-order valence-electron chi connectivity index (χ0n) is 17.0. The number of pyridine rings is 1. The number of nitrogens with one attached hydrogen (secondary N) is 1. The van der Waals surface area contributed by atoms with Crippen LogP contribution in [0.4, 0.5) is 10.6 Å². The molecule has 7 nitrogen and oxygen atoms in total. The van der Waals surface area contributed by atoms with Crippen molar-refractivity contribution in [3.05, 3.63) is 23.9 Å². The van der Waals surface area contributed by atoms with Crippen LogP contribution in [0, 0.1) is 0 Å². The van der Waals surface area contributed by atoms with Crippen LogP contribution in [-0.2, 0) is 6.54 Å². The summed E-state index contributed by atoms with van der Waals surface area (Å²) in [6.45, 7) is 9.30. The molecule has 152 valence electrons. The number of rotatable bonds is 9. The first kappa shape index (κ1) is 21.4. The first-order chi connectivity index (χ1) is 13.1. The molecule has 1 aliphatic rings. The normalized spacial score (nSPS) is 15.2. The third-order valence-electron chi connectivity index (χ3n) is 5.38. The summed E-state index contributed by atoms with van der Waals surface area (Å²) < 4.78 is 0. The fourth-order valence-electron chi connectivity index (χ4n) is 3.56. The molecule has 2 N–H and O–H groups in total. The van der Waals surface area contributed by atoms with Crippen LogP contribution in [0.2, 0.25) is 0 Å². The van der Waals surface area contributed by atoms with Crippen LogP contribution in [0.15, 0.2) is 18.3 Å². The van der Waals surface area contributed by atoms with Gasteiger partial charge in [0.15, 0.2) is 0 Å². The maximum absolute atomic E-state index is 12.4. The van der Waals surface area contributed by atoms with Crippen molar-refractivity contribution >= 4 is 11.8 Å². The van der Waals surface area contributed by atoms with Gasteiger partial charge in [-0.3, -0.25) is 0 Å². The Balaban J connectivity index is 1.75. The second-order valence-corrected chi connectivity index (χ2v) is 7.13. The summed E-state index contributed by atoms with van der Waals surface area (Å²) in [5.41, 5.74) is 1.01. The maximum atomic E-state index is 12.4. The van der Waals surface area contributed by atoms with Gasteiger partial charge in [0.05, 0.1) is 0 Å². The molecule has 1 saturated heterocycles. The number of piperidine rings is 1. The Bertz CT molecular complexity index is 554. The van der Waals surface area contributed by atoms with E-state index in [1.165, 1.54) is 0 Å². The molecule has 0 bridgehead atoms. The number of nitrogens with zero attached hydrogens (tertiary/aromatic N) is 4. The summed E-state index contributed by atoms with van der Waals surface area (Å²) in [6, 6.07) is 4.54. The van der Waals surface area contributed by atoms with E-state index in [0.717, 1.165) is 63.4 Å². The summed E-state index contributed by atoms with van der Waals surface area (Å²) in [5, 5.41) is 12.0. The van der Waals surface area contributed by atoms with E-state index >= 15 is 0 Å². The second kappa shape index (κ2) is 11.1. The van der Waals surface area contributed by atoms with Crippen LogP contribution in [0.25, 0.3) is 0 Å². The van der Waals surface area contributed by atoms with Gasteiger partial charge in [0.1, 0.15) is 5.82 Å². The minimum Gasteiger partial charge on any atom is -0.396 e. The Morgan fingerprint density at radius 3 is 2.56 bits per heavy atom. The van der Waals surface area contributed by atoms with Crippen molar-refractivity contribution in [2.45, 2.75) is 45.7 Å². The van der Waals surface area contributed by atoms with E-state index in [9.17, 15) is 4.79 Å². The van der Waals surface area contributed by atoms with Gasteiger partial charge in [-0.15, -0.1) is 0 Å². The van der Waals surface area contributed by atoms with E-state index in [2.05, 4.69) is 41.0 Å². The average Bonchev–Trinajstić information content (AvgIpc) is 2.72. The highest BCUT2D eigenvalue weighted by Crippen LogP contribution is 2.16. The predicted octanol–water partition coefficient (Wildman–Crippen LogP) is 1.92. The van der Waals surface area contributed by atoms with Gasteiger partial charge in [0.2, 0.25) is 0 Å². The number of carbonyl (C=O) groups is 1. The van der Waals surface area contributed by atoms with Crippen LogP contribution < -0.4 is 10.2 Å². The number of aliphatic hydroxyl groups excluding tert-OH is 1. The molecule has 1 fully saturated rings. The minimum absolute atomic E-state index is 0.000666. The molecule has 0 saturated carbocycles. The van der Waals surface area contributed by atoms with Crippen molar-refractivity contribution in [2.24, 2.45) is 0 Å². The Labute approximate surface area is 163 Å². The summed E-state index contributed by atoms with van der Waals surface area (Å²) in [4.78, 5) is 23.3. The molecule has 1 aromatic rings. The third kappa shape index (κ3) is 6.36. The summed E-state index contributed by atoms with van der Waals surface area (Å²) >= 11 is 0. The number of anilines is 1. The molecule has 0 unspecified atom stereocenters. The topological polar surface area (TPSA) is 71.9 Å². The van der Waals surface area contributed by atoms with Crippen molar-refractivity contribution in [1.82, 2.24) is 20.1 Å². The fourth-order valence-corrected chi connectivity index (χ4v) is 3.56. The number of aromatic nitrogens is 1. The fraction of sp³-hybridized carbons (Fsp3) is 0.700. The molecule has 0 spiro atoms. The van der Waals surface area contributed by atoms with Crippen molar-refractivity contribution in [2.75, 3.05) is 51.3 Å². The van der Waals surface area contributed by atoms with E-state index in [1.807, 2.05) is 23.2 Å². The largest absolute Gasteiger partial charge is 0.396 e. The lowest BCUT2D eigenvalue weighted by Gasteiger charge is -2.36. The molecule has 0 radical (unpaired) electrons. The lowest BCUT2D eigenvalue weighted by Crippen LogP contribution is -2.48. The van der Waals surface area contributed by atoms with Gasteiger partial charge < -0.3 is 25.1 Å². The van der Waals surface area contributed by atoms with Crippen LogP contribution in [0.1, 0.15) is 38.7 Å². The Hall–Kier alpha value is -1.86. The van der Waals surface area contributed by atoms with Gasteiger partial charge in [-0.25, -0.2) is 9.78 Å². The quantitative estimate of drug-likeness (QED) is 0.688. The zero-order chi connectivity index (χ0) is 19.6. The summed E-state index contributed by atoms with van der Waals surface area (Å²) in [7, 11) is 2.10. The molecule has 2 amide bonds. The number of amides is 2. The molecule has 1 aromatic heterocycles. The molecule has 0 aliphatic carbocycles. The lowest BCUT2D eigenvalue weighted by atomic mass is 10.0. The van der Waals surface area contributed by atoms with Crippen molar-refractivity contribution in [3.63, 3.8) is 0 Å². The summed E-state index contributed by atoms with van der Waals surface area (Å²) in [6.07, 6.45) is 4.61. The monoisotopic (exact) mass is 377 g/mol. The van der Waals surface area contributed by atoms with Gasteiger partial charge in [-0.05, 0) is 51.8 Å². The second-order valence-electron chi connectivity index (χ2n) is 7.13. The molecule has 0 aromatic carbocycles. The van der Waals surface area contributed by atoms with Gasteiger partial charge >= 0.3 is 6.03 Å². The molecule has 2 heterocycles. The van der Waals surface area contributed by atoms with E-state index in [4.69, 9.17) is 5.11 Å². The standard InChI is InChI=1S/C20H35N5O2/c1-4-24(5-2)19-8-7-17(15-21-19)16-22-20(27)25-12-9-18(10-13-25)23(3)11-6-14-26/h7-8,15,18,26H,4-6,9-14,16H2,1-3H3,(H,22,27). The summed E-state index contributed by atoms with van der Waals surface area (Å²) in [5.74, 6) is 0.975. The first-order valence-corrected chi connectivity index (χ1v) is 10.1. The number of likely N-dealkylation sites (tertiary alicyclic amines) is 1. The Morgan fingerprint density at radius 2 is 2.00 bits per heavy atom. The van der Waals surface area contributed by atoms with Crippen LogP contribution in [0.5, 0.6) is 0 Å². The molecular formula is C20H35N5O2. The number of hydrogen-bond acceptors (Lipinski definition) is 5. The Kier molecular flexibility index (Phi) is 8.81. The highest BCUT2D eigenvalue weighted by molar-refractivity contribution is 5.74. The van der Waals surface area contributed by atoms with E-state index < -0.39 is 0 Å². The van der Waals surface area contributed by atoms with E-state index in [-0.39, 0.29) is 12.6 Å². The van der Waals surface area contributed by atoms with Crippen LogP contribution in [-0.4, -0.2) is 78.3 Å². The minimum atomic E-state index is -0.000666. The van der Waals surface area contributed by atoms with Crippen molar-refractivity contribution in [3.8, 4) is 0 Å². The van der Waals surface area contributed by atoms with Crippen LogP contribution in [0.3, 0.4) is 0 Å². The average molecular weight is 378 g/mol. The lowest BCUT2D eigenvalue weighted by molar-refractivity contribution is 0.128. The number of hydrogen-bond donors (Lipinski definition) is 2. The molecule has 27 heavy (non-hydrogen) atoms. The van der Waals surface area contributed by atoms with E-state index in [0.29, 0.717) is 12.6 Å². The first-order valence-electron chi connectivity index (χ1n) is 10.1. The molecular weight excluding hydrogens is 342 g/mol. The van der Waals surface area contributed by atoms with Crippen molar-refractivity contribution < 1.29 is 9.90 Å². The molecule has 2 rings (SSSR count). The molecule has 1 aliphatic heterocycles. The smallest absolute Gasteiger partial charge is 0.317 e. The number of urea groups is 1.